The summed E-state index contributed by atoms with van der Waals surface area (Å²) in [6.07, 6.45) is 0.102. The normalized spacial score (nSPS) is 12.7. The molecule has 1 atom stereocenters. The van der Waals surface area contributed by atoms with E-state index < -0.39 is 40.7 Å². The Balaban J connectivity index is 2.47. The summed E-state index contributed by atoms with van der Waals surface area (Å²) in [5.74, 6) is -9.63. The summed E-state index contributed by atoms with van der Waals surface area (Å²) in [6.45, 7) is 0. The van der Waals surface area contributed by atoms with E-state index in [-0.39, 0.29) is 6.42 Å². The van der Waals surface area contributed by atoms with Crippen LogP contribution in [0.15, 0.2) is 15.9 Å². The molecule has 1 nitrogen and oxygen atoms in total. The van der Waals surface area contributed by atoms with E-state index in [1.807, 2.05) is 0 Å². The molecule has 114 valence electrons. The van der Waals surface area contributed by atoms with Gasteiger partial charge in [-0.15, -0.1) is 11.3 Å². The number of rotatable bonds is 4. The molecule has 1 N–H and O–H groups in total. The number of nitrogens with one attached hydrogen (secondary N) is 1. The standard InChI is InChI=1S/C13H9BrF5NS/c1-20-7(3-6-2-5(14)4-21-6)8-9(15)11(17)13(19)12(18)10(8)16/h2,4,7,20H,3H2,1H3. The van der Waals surface area contributed by atoms with Crippen LogP contribution in [0.25, 0.3) is 0 Å². The van der Waals surface area contributed by atoms with Crippen LogP contribution in [0.5, 0.6) is 0 Å². The molecule has 0 amide bonds. The Labute approximate surface area is 129 Å². The highest BCUT2D eigenvalue weighted by atomic mass is 79.9. The lowest BCUT2D eigenvalue weighted by atomic mass is 10.0. The lowest BCUT2D eigenvalue weighted by Crippen LogP contribution is -2.23. The molecule has 0 saturated carbocycles. The third-order valence-corrected chi connectivity index (χ3v) is 4.69. The Morgan fingerprint density at radius 1 is 1.05 bits per heavy atom. The molecule has 1 heterocycles. The summed E-state index contributed by atoms with van der Waals surface area (Å²) in [4.78, 5) is 0.741. The predicted molar refractivity (Wildman–Crippen MR) is 73.8 cm³/mol. The van der Waals surface area contributed by atoms with Gasteiger partial charge in [0, 0.05) is 32.8 Å². The number of likely N-dealkylation sites (N-methyl/N-ethyl adjacent to an activating group) is 1. The van der Waals surface area contributed by atoms with Crippen LogP contribution >= 0.6 is 27.3 Å². The second kappa shape index (κ2) is 6.41. The third-order valence-electron chi connectivity index (χ3n) is 2.97. The zero-order valence-corrected chi connectivity index (χ0v) is 13.0. The van der Waals surface area contributed by atoms with E-state index in [9.17, 15) is 22.0 Å². The SMILES string of the molecule is CNC(Cc1cc(Br)cs1)c1c(F)c(F)c(F)c(F)c1F. The van der Waals surface area contributed by atoms with Gasteiger partial charge < -0.3 is 5.32 Å². The molecule has 2 aromatic rings. The van der Waals surface area contributed by atoms with E-state index in [0.29, 0.717) is 0 Å². The maximum atomic E-state index is 13.8. The summed E-state index contributed by atoms with van der Waals surface area (Å²) in [5.41, 5.74) is -0.849. The summed E-state index contributed by atoms with van der Waals surface area (Å²) in [6, 6.07) is 0.696. The maximum Gasteiger partial charge on any atom is 0.200 e. The molecule has 0 radical (unpaired) electrons. The van der Waals surface area contributed by atoms with Gasteiger partial charge in [0.2, 0.25) is 5.82 Å². The zero-order valence-electron chi connectivity index (χ0n) is 10.6. The van der Waals surface area contributed by atoms with Crippen molar-refractivity contribution in [3.8, 4) is 0 Å². The Morgan fingerprint density at radius 3 is 2.00 bits per heavy atom. The largest absolute Gasteiger partial charge is 0.313 e. The van der Waals surface area contributed by atoms with Gasteiger partial charge in [0.25, 0.3) is 0 Å². The average molecular weight is 386 g/mol. The lowest BCUT2D eigenvalue weighted by molar-refractivity contribution is 0.358. The van der Waals surface area contributed by atoms with Crippen molar-refractivity contribution < 1.29 is 22.0 Å². The van der Waals surface area contributed by atoms with Crippen molar-refractivity contribution in [2.24, 2.45) is 0 Å². The first-order chi connectivity index (χ1) is 9.86. The number of thiophene rings is 1. The van der Waals surface area contributed by atoms with Gasteiger partial charge in [-0.1, -0.05) is 0 Å². The number of halogens is 6. The van der Waals surface area contributed by atoms with Crippen molar-refractivity contribution in [3.63, 3.8) is 0 Å². The molecule has 0 aliphatic heterocycles. The molecule has 2 rings (SSSR count). The number of hydrogen-bond donors (Lipinski definition) is 1. The highest BCUT2D eigenvalue weighted by Gasteiger charge is 2.30. The molecule has 21 heavy (non-hydrogen) atoms. The Bertz CT molecular complexity index is 644. The fourth-order valence-corrected chi connectivity index (χ4v) is 3.44. The molecule has 0 saturated heterocycles. The predicted octanol–water partition coefficient (Wildman–Crippen LogP) is 4.71. The van der Waals surface area contributed by atoms with Crippen molar-refractivity contribution in [1.29, 1.82) is 0 Å². The summed E-state index contributed by atoms with van der Waals surface area (Å²) in [7, 11) is 1.39. The van der Waals surface area contributed by atoms with Gasteiger partial charge in [0.1, 0.15) is 0 Å². The fourth-order valence-electron chi connectivity index (χ4n) is 1.94. The minimum atomic E-state index is -2.15. The first-order valence-electron chi connectivity index (χ1n) is 5.78. The topological polar surface area (TPSA) is 12.0 Å². The Hall–Kier alpha value is -0.990. The third kappa shape index (κ3) is 3.12. The minimum absolute atomic E-state index is 0.102. The van der Waals surface area contributed by atoms with Crippen molar-refractivity contribution in [2.45, 2.75) is 12.5 Å². The van der Waals surface area contributed by atoms with Crippen LogP contribution in [-0.4, -0.2) is 7.05 Å². The molecule has 0 aliphatic rings. The van der Waals surface area contributed by atoms with Crippen LogP contribution < -0.4 is 5.32 Å². The van der Waals surface area contributed by atoms with E-state index >= 15 is 0 Å². The zero-order chi connectivity index (χ0) is 15.7. The van der Waals surface area contributed by atoms with Crippen molar-refractivity contribution in [1.82, 2.24) is 5.32 Å². The van der Waals surface area contributed by atoms with Crippen LogP contribution in [0.3, 0.4) is 0 Å². The van der Waals surface area contributed by atoms with Gasteiger partial charge in [-0.3, -0.25) is 0 Å². The monoisotopic (exact) mass is 385 g/mol. The van der Waals surface area contributed by atoms with Gasteiger partial charge >= 0.3 is 0 Å². The summed E-state index contributed by atoms with van der Waals surface area (Å²) >= 11 is 4.55. The Kier molecular flexibility index (Phi) is 5.00. The molecule has 0 bridgehead atoms. The summed E-state index contributed by atoms with van der Waals surface area (Å²) < 4.78 is 67.9. The van der Waals surface area contributed by atoms with Crippen LogP contribution in [0.1, 0.15) is 16.5 Å². The molecule has 0 fully saturated rings. The van der Waals surface area contributed by atoms with E-state index in [1.54, 1.807) is 11.4 Å². The second-order valence-electron chi connectivity index (χ2n) is 4.26. The first-order valence-corrected chi connectivity index (χ1v) is 7.45. The quantitative estimate of drug-likeness (QED) is 0.456. The van der Waals surface area contributed by atoms with E-state index in [2.05, 4.69) is 21.2 Å². The molecule has 1 unspecified atom stereocenters. The molecule has 0 aliphatic carbocycles. The van der Waals surface area contributed by atoms with Gasteiger partial charge in [-0.05, 0) is 29.0 Å². The van der Waals surface area contributed by atoms with Crippen molar-refractivity contribution >= 4 is 27.3 Å². The average Bonchev–Trinajstić information content (AvgIpc) is 2.87. The number of hydrogen-bond acceptors (Lipinski definition) is 2. The molecule has 1 aromatic carbocycles. The number of benzene rings is 1. The van der Waals surface area contributed by atoms with E-state index in [0.717, 1.165) is 9.35 Å². The van der Waals surface area contributed by atoms with Gasteiger partial charge in [-0.2, -0.15) is 0 Å². The lowest BCUT2D eigenvalue weighted by Gasteiger charge is -2.18. The smallest absolute Gasteiger partial charge is 0.200 e. The van der Waals surface area contributed by atoms with Crippen molar-refractivity contribution in [3.05, 3.63) is 55.4 Å². The van der Waals surface area contributed by atoms with Gasteiger partial charge in [0.05, 0.1) is 0 Å². The van der Waals surface area contributed by atoms with E-state index in [4.69, 9.17) is 0 Å². The van der Waals surface area contributed by atoms with Crippen LogP contribution in [0, 0.1) is 29.1 Å². The maximum absolute atomic E-state index is 13.8. The van der Waals surface area contributed by atoms with Crippen LogP contribution in [-0.2, 0) is 6.42 Å². The van der Waals surface area contributed by atoms with E-state index in [1.165, 1.54) is 18.4 Å². The molecular formula is C13H9BrF5NS. The second-order valence-corrected chi connectivity index (χ2v) is 6.17. The molecule has 8 heteroatoms. The van der Waals surface area contributed by atoms with Crippen molar-refractivity contribution in [2.75, 3.05) is 7.05 Å². The summed E-state index contributed by atoms with van der Waals surface area (Å²) in [5, 5.41) is 4.35. The molecular weight excluding hydrogens is 377 g/mol. The molecule has 0 spiro atoms. The Morgan fingerprint density at radius 2 is 1.57 bits per heavy atom. The highest BCUT2D eigenvalue weighted by molar-refractivity contribution is 9.10. The van der Waals surface area contributed by atoms with Crippen LogP contribution in [0.2, 0.25) is 0 Å². The minimum Gasteiger partial charge on any atom is -0.313 e. The van der Waals surface area contributed by atoms with Crippen LogP contribution in [0.4, 0.5) is 22.0 Å². The molecule has 1 aromatic heterocycles. The fraction of sp³-hybridized carbons (Fsp3) is 0.231. The highest BCUT2D eigenvalue weighted by Crippen LogP contribution is 2.31. The van der Waals surface area contributed by atoms with Gasteiger partial charge in [-0.25, -0.2) is 22.0 Å². The first kappa shape index (κ1) is 16.4. The van der Waals surface area contributed by atoms with Gasteiger partial charge in [0.15, 0.2) is 23.3 Å².